The van der Waals surface area contributed by atoms with Gasteiger partial charge in [0.15, 0.2) is 17.5 Å². The number of fused-ring (bicyclic) bond motifs is 3. The lowest BCUT2D eigenvalue weighted by atomic mass is 9.40. The monoisotopic (exact) mass is 495 g/mol. The molecule has 2 saturated carbocycles. The first-order valence-electron chi connectivity index (χ1n) is 11.8. The summed E-state index contributed by atoms with van der Waals surface area (Å²) in [5, 5.41) is 35.2. The number of aliphatic hydroxyl groups is 3. The number of aliphatic hydroxyl groups excluding tert-OH is 2. The van der Waals surface area contributed by atoms with E-state index in [4.69, 9.17) is 9.47 Å². The van der Waals surface area contributed by atoms with Gasteiger partial charge in [-0.25, -0.2) is 9.59 Å². The molecule has 2 aliphatic carbocycles. The Bertz CT molecular complexity index is 934. The highest BCUT2D eigenvalue weighted by molar-refractivity contribution is 5.92. The Morgan fingerprint density at radius 2 is 1.83 bits per heavy atom. The van der Waals surface area contributed by atoms with E-state index in [0.717, 1.165) is 0 Å². The molecule has 0 spiro atoms. The molecule has 3 rings (SSSR count). The lowest BCUT2D eigenvalue weighted by Gasteiger charge is -2.71. The van der Waals surface area contributed by atoms with Crippen molar-refractivity contribution < 1.29 is 44.0 Å². The minimum atomic E-state index is -2.34. The SMILES string of the molecule is C=CCC(=O)ONC(=O)O[C@H]1[C@@H](O)[C@H]2C(C)(C)CC[C@H](O)[C@]2(C)[C@@]2(O)C(=O)C[C@](C)(C=C)O[C@]12C. The molecule has 0 radical (unpaired) electrons. The molecule has 0 unspecified atom stereocenters. The first-order chi connectivity index (χ1) is 16.0. The number of ether oxygens (including phenoxy) is 2. The Balaban J connectivity index is 2.13. The van der Waals surface area contributed by atoms with Crippen LogP contribution in [0.5, 0.6) is 0 Å². The van der Waals surface area contributed by atoms with Crippen LogP contribution in [0.2, 0.25) is 0 Å². The van der Waals surface area contributed by atoms with Gasteiger partial charge in [-0.15, -0.1) is 18.6 Å². The predicted octanol–water partition coefficient (Wildman–Crippen LogP) is 1.72. The summed E-state index contributed by atoms with van der Waals surface area (Å²) >= 11 is 0. The highest BCUT2D eigenvalue weighted by atomic mass is 16.7. The summed E-state index contributed by atoms with van der Waals surface area (Å²) in [6.07, 6.45) is -2.30. The molecule has 0 bridgehead atoms. The van der Waals surface area contributed by atoms with Crippen LogP contribution in [0.25, 0.3) is 0 Å². The predicted molar refractivity (Wildman–Crippen MR) is 124 cm³/mol. The van der Waals surface area contributed by atoms with Crippen molar-refractivity contribution in [3.8, 4) is 0 Å². The molecule has 1 aliphatic heterocycles. The van der Waals surface area contributed by atoms with Gasteiger partial charge in [-0.3, -0.25) is 4.79 Å². The van der Waals surface area contributed by atoms with Crippen molar-refractivity contribution in [3.05, 3.63) is 25.3 Å². The Morgan fingerprint density at radius 1 is 1.20 bits per heavy atom. The number of carbonyl (C=O) groups is 3. The molecule has 4 N–H and O–H groups in total. The van der Waals surface area contributed by atoms with Gasteiger partial charge in [0.1, 0.15) is 5.60 Å². The van der Waals surface area contributed by atoms with E-state index in [1.807, 2.05) is 19.3 Å². The van der Waals surface area contributed by atoms with Gasteiger partial charge in [-0.1, -0.05) is 32.9 Å². The van der Waals surface area contributed by atoms with Gasteiger partial charge in [0.2, 0.25) is 0 Å². The largest absolute Gasteiger partial charge is 0.441 e. The molecule has 196 valence electrons. The minimum Gasteiger partial charge on any atom is -0.438 e. The fourth-order valence-corrected chi connectivity index (χ4v) is 6.88. The Morgan fingerprint density at radius 3 is 2.40 bits per heavy atom. The quantitative estimate of drug-likeness (QED) is 0.337. The summed E-state index contributed by atoms with van der Waals surface area (Å²) in [5.74, 6) is -2.27. The van der Waals surface area contributed by atoms with E-state index in [9.17, 15) is 29.7 Å². The molecule has 0 aromatic carbocycles. The van der Waals surface area contributed by atoms with Crippen LogP contribution in [0.3, 0.4) is 0 Å². The summed E-state index contributed by atoms with van der Waals surface area (Å²) < 4.78 is 11.8. The second kappa shape index (κ2) is 8.69. The van der Waals surface area contributed by atoms with E-state index < -0.39 is 69.7 Å². The smallest absolute Gasteiger partial charge is 0.438 e. The molecule has 3 aliphatic rings. The zero-order valence-corrected chi connectivity index (χ0v) is 21.0. The van der Waals surface area contributed by atoms with Crippen molar-refractivity contribution >= 4 is 17.8 Å². The fourth-order valence-electron chi connectivity index (χ4n) is 6.88. The number of rotatable bonds is 4. The Labute approximate surface area is 205 Å². The molecule has 10 nitrogen and oxygen atoms in total. The molecular weight excluding hydrogens is 458 g/mol. The van der Waals surface area contributed by atoms with Crippen LogP contribution < -0.4 is 5.48 Å². The fraction of sp³-hybridized carbons (Fsp3) is 0.720. The van der Waals surface area contributed by atoms with Crippen LogP contribution >= 0.6 is 0 Å². The summed E-state index contributed by atoms with van der Waals surface area (Å²) in [6.45, 7) is 15.4. The van der Waals surface area contributed by atoms with Gasteiger partial charge in [-0.05, 0) is 32.1 Å². The van der Waals surface area contributed by atoms with Crippen molar-refractivity contribution in [1.29, 1.82) is 0 Å². The van der Waals surface area contributed by atoms with Gasteiger partial charge in [-0.2, -0.15) is 0 Å². The maximum absolute atomic E-state index is 13.8. The van der Waals surface area contributed by atoms with E-state index in [-0.39, 0.29) is 12.8 Å². The number of ketones is 1. The van der Waals surface area contributed by atoms with Gasteiger partial charge in [0.25, 0.3) is 0 Å². The zero-order valence-electron chi connectivity index (χ0n) is 21.0. The third-order valence-corrected chi connectivity index (χ3v) is 8.52. The van der Waals surface area contributed by atoms with E-state index >= 15 is 0 Å². The van der Waals surface area contributed by atoms with Gasteiger partial charge in [0, 0.05) is 17.8 Å². The van der Waals surface area contributed by atoms with Gasteiger partial charge < -0.3 is 29.6 Å². The lowest BCUT2D eigenvalue weighted by Crippen LogP contribution is -2.86. The topological polar surface area (TPSA) is 152 Å². The maximum Gasteiger partial charge on any atom is 0.441 e. The second-order valence-electron chi connectivity index (χ2n) is 11.2. The number of hydrogen-bond donors (Lipinski definition) is 4. The minimum absolute atomic E-state index is 0.161. The van der Waals surface area contributed by atoms with Crippen LogP contribution in [-0.2, 0) is 23.9 Å². The molecular formula is C25H37NO9. The number of Topliss-reactive ketones (excluding diaryl/α,β-unsaturated/α-hetero) is 1. The standard InChI is InChI=1S/C25H37NO9/c1-8-10-16(29)34-26-20(31)33-19-17(30)18-21(3,4)12-11-14(27)23(18,6)25(32)15(28)13-22(5,9-2)35-24(19,25)7/h8-9,14,17-19,27,30,32H,1-2,10-13H2,3-7H3,(H,26,31)/t14-,17-,18-,19-,22-,23-,24+,25-/m0/s1. The lowest BCUT2D eigenvalue weighted by molar-refractivity contribution is -0.369. The van der Waals surface area contributed by atoms with Gasteiger partial charge in [0.05, 0.1) is 24.2 Å². The van der Waals surface area contributed by atoms with Crippen molar-refractivity contribution in [2.75, 3.05) is 0 Å². The molecule has 3 fully saturated rings. The summed E-state index contributed by atoms with van der Waals surface area (Å²) in [5.41, 5.74) is -5.91. The average molecular weight is 496 g/mol. The van der Waals surface area contributed by atoms with E-state index in [1.54, 1.807) is 13.8 Å². The Hall–Kier alpha value is -2.27. The normalized spacial score (nSPS) is 44.3. The number of hydrogen-bond acceptors (Lipinski definition) is 9. The molecule has 8 atom stereocenters. The molecule has 10 heteroatoms. The molecule has 35 heavy (non-hydrogen) atoms. The maximum atomic E-state index is 13.8. The number of hydroxylamine groups is 1. The molecule has 1 saturated heterocycles. The highest BCUT2D eigenvalue weighted by Gasteiger charge is 2.81. The first kappa shape index (κ1) is 27.3. The Kier molecular flexibility index (Phi) is 6.78. The van der Waals surface area contributed by atoms with Gasteiger partial charge >= 0.3 is 12.1 Å². The van der Waals surface area contributed by atoms with Crippen molar-refractivity contribution in [2.24, 2.45) is 16.7 Å². The number of nitrogens with one attached hydrogen (secondary N) is 1. The van der Waals surface area contributed by atoms with Crippen molar-refractivity contribution in [1.82, 2.24) is 5.48 Å². The molecule has 0 aromatic rings. The van der Waals surface area contributed by atoms with Crippen molar-refractivity contribution in [3.63, 3.8) is 0 Å². The summed E-state index contributed by atoms with van der Waals surface area (Å²) in [6, 6.07) is 0. The summed E-state index contributed by atoms with van der Waals surface area (Å²) in [7, 11) is 0. The van der Waals surface area contributed by atoms with E-state index in [1.165, 1.54) is 19.1 Å². The van der Waals surface area contributed by atoms with E-state index in [0.29, 0.717) is 12.8 Å². The molecule has 0 aromatic heterocycles. The molecule has 1 amide bonds. The molecule has 1 heterocycles. The summed E-state index contributed by atoms with van der Waals surface area (Å²) in [4.78, 5) is 42.6. The van der Waals surface area contributed by atoms with Crippen LogP contribution in [0.4, 0.5) is 4.79 Å². The number of carbonyl (C=O) groups excluding carboxylic acids is 3. The van der Waals surface area contributed by atoms with E-state index in [2.05, 4.69) is 18.0 Å². The number of amides is 1. The van der Waals surface area contributed by atoms with Crippen molar-refractivity contribution in [2.45, 2.75) is 95.4 Å². The highest BCUT2D eigenvalue weighted by Crippen LogP contribution is 2.67. The zero-order chi connectivity index (χ0) is 26.6. The van der Waals surface area contributed by atoms with Crippen LogP contribution in [0.1, 0.15) is 60.3 Å². The third-order valence-electron chi connectivity index (χ3n) is 8.52. The average Bonchev–Trinajstić information content (AvgIpc) is 2.76. The van der Waals surface area contributed by atoms with Crippen LogP contribution in [0, 0.1) is 16.7 Å². The van der Waals surface area contributed by atoms with Crippen LogP contribution in [0.15, 0.2) is 25.3 Å². The van der Waals surface area contributed by atoms with Crippen LogP contribution in [-0.4, -0.2) is 68.3 Å². The first-order valence-corrected chi connectivity index (χ1v) is 11.8. The second-order valence-corrected chi connectivity index (χ2v) is 11.2. The third kappa shape index (κ3) is 3.82.